The van der Waals surface area contributed by atoms with Gasteiger partial charge >= 0.3 is 21.1 Å². The molecule has 8 aromatic rings. The number of aromatic nitrogens is 4. The molecule has 0 spiro atoms. The maximum atomic E-state index is 4.97. The zero-order valence-corrected chi connectivity index (χ0v) is 33.6. The summed E-state index contributed by atoms with van der Waals surface area (Å²) >= 11 is 0. The van der Waals surface area contributed by atoms with Crippen molar-refractivity contribution in [2.24, 2.45) is 0 Å². The molecule has 0 radical (unpaired) electrons. The number of fused-ring (bicyclic) bond motifs is 5. The average molecular weight is 880 g/mol. The molecule has 4 aromatic heterocycles. The Morgan fingerprint density at radius 1 is 0.500 bits per heavy atom. The SMILES string of the molecule is CC(C)(C)c1ccnc(-c2[c-]c(C3(c4[c-]c(-c5cc(C(C)(C)C)ccn5)c5cnccc5c4)c4ccccc4-c4ccccc43)cc3ccncc23)c1.[Pt+2]. The summed E-state index contributed by atoms with van der Waals surface area (Å²) in [6, 6.07) is 43.2. The van der Waals surface area contributed by atoms with Crippen LogP contribution in [0.4, 0.5) is 0 Å². The summed E-state index contributed by atoms with van der Waals surface area (Å²) in [5.74, 6) is 0. The van der Waals surface area contributed by atoms with Crippen molar-refractivity contribution in [3.63, 3.8) is 0 Å². The summed E-state index contributed by atoms with van der Waals surface area (Å²) in [6.45, 7) is 13.4. The zero-order chi connectivity index (χ0) is 36.5. The molecule has 5 heteroatoms. The van der Waals surface area contributed by atoms with Crippen LogP contribution >= 0.6 is 0 Å². The van der Waals surface area contributed by atoms with Gasteiger partial charge in [0.15, 0.2) is 0 Å². The number of hydrogen-bond acceptors (Lipinski definition) is 4. The van der Waals surface area contributed by atoms with E-state index in [1.165, 1.54) is 33.4 Å². The molecule has 1 aliphatic carbocycles. The number of nitrogens with zero attached hydrogens (tertiary/aromatic N) is 4. The minimum Gasteiger partial charge on any atom is -0.305 e. The molecule has 54 heavy (non-hydrogen) atoms. The molecule has 4 heterocycles. The van der Waals surface area contributed by atoms with E-state index in [2.05, 4.69) is 161 Å². The third-order valence-corrected chi connectivity index (χ3v) is 10.9. The second-order valence-electron chi connectivity index (χ2n) is 16.2. The summed E-state index contributed by atoms with van der Waals surface area (Å²) in [5.41, 5.74) is 12.1. The molecule has 0 atom stereocenters. The van der Waals surface area contributed by atoms with Gasteiger partial charge in [-0.15, -0.1) is 46.5 Å². The van der Waals surface area contributed by atoms with Crippen LogP contribution in [0.1, 0.15) is 74.9 Å². The summed E-state index contributed by atoms with van der Waals surface area (Å²) in [4.78, 5) is 19.1. The van der Waals surface area contributed by atoms with Crippen LogP contribution in [0.25, 0.3) is 55.2 Å². The van der Waals surface area contributed by atoms with Gasteiger partial charge in [0.05, 0.1) is 0 Å². The van der Waals surface area contributed by atoms with Gasteiger partial charge < -0.3 is 9.97 Å². The van der Waals surface area contributed by atoms with Crippen molar-refractivity contribution >= 4 is 21.5 Å². The Labute approximate surface area is 332 Å². The van der Waals surface area contributed by atoms with Gasteiger partial charge in [-0.2, -0.15) is 0 Å². The Morgan fingerprint density at radius 3 is 1.35 bits per heavy atom. The van der Waals surface area contributed by atoms with Crippen LogP contribution in [0.15, 0.2) is 134 Å². The molecule has 4 aromatic carbocycles. The van der Waals surface area contributed by atoms with E-state index in [-0.39, 0.29) is 31.9 Å². The van der Waals surface area contributed by atoms with Gasteiger partial charge in [-0.25, -0.2) is 0 Å². The van der Waals surface area contributed by atoms with Crippen molar-refractivity contribution in [1.29, 1.82) is 0 Å². The van der Waals surface area contributed by atoms with E-state index in [9.17, 15) is 0 Å². The molecule has 266 valence electrons. The largest absolute Gasteiger partial charge is 2.00 e. The van der Waals surface area contributed by atoms with Gasteiger partial charge in [-0.3, -0.25) is 9.97 Å². The number of rotatable bonds is 4. The monoisotopic (exact) mass is 879 g/mol. The van der Waals surface area contributed by atoms with Crippen molar-refractivity contribution in [3.05, 3.63) is 180 Å². The van der Waals surface area contributed by atoms with Crippen molar-refractivity contribution in [3.8, 4) is 33.6 Å². The molecule has 1 aliphatic rings. The van der Waals surface area contributed by atoms with E-state index in [1.807, 2.05) is 37.2 Å². The molecule has 0 amide bonds. The Bertz CT molecular complexity index is 2530. The Hall–Kier alpha value is -5.31. The first-order valence-electron chi connectivity index (χ1n) is 18.3. The molecule has 0 unspecified atom stereocenters. The van der Waals surface area contributed by atoms with Crippen molar-refractivity contribution in [2.45, 2.75) is 57.8 Å². The third kappa shape index (κ3) is 5.71. The maximum Gasteiger partial charge on any atom is 2.00 e. The molecular weight excluding hydrogens is 840 g/mol. The molecule has 0 fully saturated rings. The quantitative estimate of drug-likeness (QED) is 0.165. The second-order valence-corrected chi connectivity index (χ2v) is 16.2. The van der Waals surface area contributed by atoms with Crippen LogP contribution in [0.2, 0.25) is 0 Å². The fourth-order valence-electron chi connectivity index (χ4n) is 8.10. The summed E-state index contributed by atoms with van der Waals surface area (Å²) in [7, 11) is 0. The van der Waals surface area contributed by atoms with Gasteiger partial charge in [0.25, 0.3) is 0 Å². The van der Waals surface area contributed by atoms with Crippen molar-refractivity contribution in [1.82, 2.24) is 19.9 Å². The van der Waals surface area contributed by atoms with Crippen LogP contribution in [-0.2, 0) is 37.3 Å². The molecule has 4 nitrogen and oxygen atoms in total. The fourth-order valence-corrected chi connectivity index (χ4v) is 8.10. The van der Waals surface area contributed by atoms with E-state index in [4.69, 9.17) is 9.97 Å². The van der Waals surface area contributed by atoms with E-state index in [0.29, 0.717) is 0 Å². The van der Waals surface area contributed by atoms with Gasteiger partial charge in [-0.1, -0.05) is 136 Å². The van der Waals surface area contributed by atoms with E-state index in [0.717, 1.165) is 55.2 Å². The number of benzene rings is 4. The van der Waals surface area contributed by atoms with Gasteiger partial charge in [0.2, 0.25) is 0 Å². The minimum absolute atomic E-state index is 0. The van der Waals surface area contributed by atoms with Crippen LogP contribution in [0.5, 0.6) is 0 Å². The molecular formula is C49H40N4Pt. The zero-order valence-electron chi connectivity index (χ0n) is 31.3. The Kier molecular flexibility index (Phi) is 8.74. The first-order valence-corrected chi connectivity index (χ1v) is 18.3. The standard InChI is InChI=1S/C49H40N4.Pt/c1-47(2,3)33-17-21-52-45(27-33)39-25-35(23-31-15-19-50-29-41(31)39)49(43-13-9-7-11-37(43)38-12-8-10-14-44(38)49)36-24-32-16-20-51-30-42(32)40(26-36)46-28-34(18-22-53-46)48(4,5)6;/h7-24,27-30H,1-6H3;/q-2;+2. The number of pyridine rings is 4. The average Bonchev–Trinajstić information content (AvgIpc) is 3.47. The molecule has 0 saturated heterocycles. The third-order valence-electron chi connectivity index (χ3n) is 10.9. The van der Waals surface area contributed by atoms with E-state index in [1.54, 1.807) is 0 Å². The van der Waals surface area contributed by atoms with Crippen LogP contribution in [-0.4, -0.2) is 19.9 Å². The summed E-state index contributed by atoms with van der Waals surface area (Å²) in [6.07, 6.45) is 11.5. The summed E-state index contributed by atoms with van der Waals surface area (Å²) < 4.78 is 0. The van der Waals surface area contributed by atoms with Crippen LogP contribution in [0, 0.1) is 12.1 Å². The van der Waals surface area contributed by atoms with Gasteiger partial charge in [-0.05, 0) is 80.1 Å². The molecule has 0 aliphatic heterocycles. The van der Waals surface area contributed by atoms with Gasteiger partial charge in [0.1, 0.15) is 0 Å². The molecule has 0 N–H and O–H groups in total. The summed E-state index contributed by atoms with van der Waals surface area (Å²) in [5, 5.41) is 4.19. The second kappa shape index (κ2) is 13.2. The minimum atomic E-state index is -0.769. The topological polar surface area (TPSA) is 51.6 Å². The Morgan fingerprint density at radius 2 is 0.926 bits per heavy atom. The number of hydrogen-bond donors (Lipinski definition) is 0. The van der Waals surface area contributed by atoms with Crippen molar-refractivity contribution < 1.29 is 21.1 Å². The molecule has 9 rings (SSSR count). The van der Waals surface area contributed by atoms with Crippen molar-refractivity contribution in [2.75, 3.05) is 0 Å². The van der Waals surface area contributed by atoms with Crippen LogP contribution in [0.3, 0.4) is 0 Å². The predicted octanol–water partition coefficient (Wildman–Crippen LogP) is 11.5. The normalized spacial score (nSPS) is 13.4. The van der Waals surface area contributed by atoms with Gasteiger partial charge in [0, 0.05) is 30.2 Å². The smallest absolute Gasteiger partial charge is 0.305 e. The first-order chi connectivity index (χ1) is 25.5. The fraction of sp³-hybridized carbons (Fsp3) is 0.184. The van der Waals surface area contributed by atoms with Crippen LogP contribution < -0.4 is 0 Å². The predicted molar refractivity (Wildman–Crippen MR) is 216 cm³/mol. The maximum absolute atomic E-state index is 4.97. The molecule has 0 saturated carbocycles. The Balaban J connectivity index is 0.00000413. The van der Waals surface area contributed by atoms with E-state index >= 15 is 0 Å². The van der Waals surface area contributed by atoms with E-state index < -0.39 is 5.41 Å². The molecule has 0 bridgehead atoms. The first kappa shape index (κ1) is 35.7.